The minimum Gasteiger partial charge on any atom is -0.311 e. The molecular formula is C64H73BN2S. The molecule has 2 nitrogen and oxygen atoms in total. The largest absolute Gasteiger partial charge is 0.311 e. The second-order valence-electron chi connectivity index (χ2n) is 27.0. The smallest absolute Gasteiger partial charge is 0.252 e. The number of rotatable bonds is 2. The quantitative estimate of drug-likeness (QED) is 0.159. The summed E-state index contributed by atoms with van der Waals surface area (Å²) in [6, 6.07) is 40.0. The molecule has 0 bridgehead atoms. The van der Waals surface area contributed by atoms with Crippen LogP contribution >= 0.6 is 11.3 Å². The maximum absolute atomic E-state index is 2.75. The minimum absolute atomic E-state index is 0.0579. The fourth-order valence-electron chi connectivity index (χ4n) is 13.7. The van der Waals surface area contributed by atoms with Crippen molar-refractivity contribution in [1.82, 2.24) is 0 Å². The highest BCUT2D eigenvalue weighted by molar-refractivity contribution is 7.25. The minimum atomic E-state index is -0.0992. The second kappa shape index (κ2) is 14.0. The van der Waals surface area contributed by atoms with Crippen molar-refractivity contribution in [3.8, 4) is 0 Å². The molecule has 7 aromatic rings. The molecule has 0 atom stereocenters. The van der Waals surface area contributed by atoms with E-state index in [4.69, 9.17) is 0 Å². The van der Waals surface area contributed by atoms with Gasteiger partial charge in [-0.1, -0.05) is 140 Å². The van der Waals surface area contributed by atoms with E-state index in [0.717, 1.165) is 0 Å². The average Bonchev–Trinajstić information content (AvgIpc) is 3.65. The van der Waals surface area contributed by atoms with E-state index < -0.39 is 0 Å². The highest BCUT2D eigenvalue weighted by atomic mass is 32.1. The van der Waals surface area contributed by atoms with Gasteiger partial charge >= 0.3 is 0 Å². The van der Waals surface area contributed by atoms with Crippen LogP contribution in [0.15, 0.2) is 97.1 Å². The zero-order valence-electron chi connectivity index (χ0n) is 43.9. The van der Waals surface area contributed by atoms with Gasteiger partial charge in [-0.05, 0) is 192 Å². The molecule has 5 aliphatic rings. The summed E-state index contributed by atoms with van der Waals surface area (Å²) in [5, 5.41) is 2.69. The third-order valence-corrected chi connectivity index (χ3v) is 19.7. The van der Waals surface area contributed by atoms with Crippen molar-refractivity contribution in [3.63, 3.8) is 0 Å². The van der Waals surface area contributed by atoms with E-state index in [1.807, 2.05) is 11.3 Å². The van der Waals surface area contributed by atoms with Crippen molar-refractivity contribution >= 4 is 88.7 Å². The van der Waals surface area contributed by atoms with Crippen molar-refractivity contribution in [1.29, 1.82) is 0 Å². The number of anilines is 6. The van der Waals surface area contributed by atoms with Crippen LogP contribution in [0.1, 0.15) is 181 Å². The van der Waals surface area contributed by atoms with Gasteiger partial charge in [-0.15, -0.1) is 11.3 Å². The normalized spacial score (nSPS) is 20.8. The first-order chi connectivity index (χ1) is 31.8. The Hall–Kier alpha value is -4.80. The van der Waals surface area contributed by atoms with Crippen molar-refractivity contribution in [2.75, 3.05) is 9.80 Å². The zero-order chi connectivity index (χ0) is 48.0. The van der Waals surface area contributed by atoms with Gasteiger partial charge in [-0.2, -0.15) is 0 Å². The van der Waals surface area contributed by atoms with Crippen LogP contribution in [0.3, 0.4) is 0 Å². The Morgan fingerprint density at radius 3 is 1.32 bits per heavy atom. The van der Waals surface area contributed by atoms with Gasteiger partial charge in [0.2, 0.25) is 0 Å². The van der Waals surface area contributed by atoms with Crippen molar-refractivity contribution in [2.24, 2.45) is 0 Å². The lowest BCUT2D eigenvalue weighted by molar-refractivity contribution is 0.332. The third kappa shape index (κ3) is 6.33. The summed E-state index contributed by atoms with van der Waals surface area (Å²) in [7, 11) is 0. The molecule has 68 heavy (non-hydrogen) atoms. The molecule has 12 rings (SSSR count). The molecule has 1 aromatic heterocycles. The molecule has 4 heteroatoms. The number of hydrogen-bond acceptors (Lipinski definition) is 3. The molecule has 0 spiro atoms. The van der Waals surface area contributed by atoms with Crippen LogP contribution in [0.2, 0.25) is 0 Å². The molecule has 0 saturated heterocycles. The zero-order valence-corrected chi connectivity index (χ0v) is 44.7. The number of hydrogen-bond donors (Lipinski definition) is 0. The Kier molecular flexibility index (Phi) is 9.12. The molecule has 348 valence electrons. The van der Waals surface area contributed by atoms with Crippen molar-refractivity contribution in [3.05, 3.63) is 136 Å². The van der Waals surface area contributed by atoms with Gasteiger partial charge in [0.1, 0.15) is 0 Å². The van der Waals surface area contributed by atoms with Gasteiger partial charge in [0, 0.05) is 54.3 Å². The van der Waals surface area contributed by atoms with Crippen LogP contribution in [0.5, 0.6) is 0 Å². The van der Waals surface area contributed by atoms with Crippen LogP contribution in [-0.4, -0.2) is 6.71 Å². The highest BCUT2D eigenvalue weighted by Crippen LogP contribution is 2.55. The maximum Gasteiger partial charge on any atom is 0.252 e. The first-order valence-electron chi connectivity index (χ1n) is 26.0. The summed E-state index contributed by atoms with van der Waals surface area (Å²) in [5.41, 5.74) is 23.1. The Bertz CT molecular complexity index is 3310. The summed E-state index contributed by atoms with van der Waals surface area (Å²) in [4.78, 5) is 5.47. The summed E-state index contributed by atoms with van der Waals surface area (Å²) < 4.78 is 2.69. The Labute approximate surface area is 412 Å². The molecule has 0 fully saturated rings. The van der Waals surface area contributed by atoms with E-state index in [9.17, 15) is 0 Å². The standard InChI is InChI=1S/C64H73BN2S/c1-58(2,3)38-30-53-57-54(31-38)67(40-20-22-43-44(33-40)60(6,7)25-24-59(43,4)5)52-37-48-46(62(10,11)27-29-64(48,14)15)35-50(52)65(57)49-34-45-47(63(12,13)28-26-61(45,8)9)36-51(49)66(53)39-21-23-56-42(32-39)41-18-16-17-19-55(41)68-56/h16-23,30-37H,24-29H2,1-15H3. The molecule has 0 N–H and O–H groups in total. The lowest BCUT2D eigenvalue weighted by Gasteiger charge is -2.49. The average molecular weight is 913 g/mol. The number of benzene rings is 6. The summed E-state index contributed by atoms with van der Waals surface area (Å²) in [6.07, 6.45) is 7.14. The lowest BCUT2D eigenvalue weighted by Crippen LogP contribution is -2.62. The van der Waals surface area contributed by atoms with E-state index in [1.165, 1.54) is 148 Å². The van der Waals surface area contributed by atoms with Crippen LogP contribution < -0.4 is 26.2 Å². The number of nitrogens with zero attached hydrogens (tertiary/aromatic N) is 2. The fraction of sp³-hybridized carbons (Fsp3) is 0.438. The lowest BCUT2D eigenvalue weighted by atomic mass is 9.32. The summed E-state index contributed by atoms with van der Waals surface area (Å²) in [6.45, 7) is 37.2. The Morgan fingerprint density at radius 2 is 0.824 bits per heavy atom. The molecule has 0 amide bonds. The third-order valence-electron chi connectivity index (χ3n) is 18.6. The van der Waals surface area contributed by atoms with Crippen molar-refractivity contribution in [2.45, 2.75) is 180 Å². The van der Waals surface area contributed by atoms with E-state index in [0.29, 0.717) is 0 Å². The molecular weight excluding hydrogens is 840 g/mol. The van der Waals surface area contributed by atoms with Crippen LogP contribution in [-0.2, 0) is 37.9 Å². The molecule has 2 aliphatic heterocycles. The maximum atomic E-state index is 2.75. The first-order valence-corrected chi connectivity index (χ1v) is 26.8. The molecule has 0 unspecified atom stereocenters. The summed E-state index contributed by atoms with van der Waals surface area (Å²) >= 11 is 1.91. The van der Waals surface area contributed by atoms with Gasteiger partial charge in [-0.25, -0.2) is 0 Å². The van der Waals surface area contributed by atoms with Gasteiger partial charge < -0.3 is 9.80 Å². The highest BCUT2D eigenvalue weighted by Gasteiger charge is 2.49. The van der Waals surface area contributed by atoms with Gasteiger partial charge in [0.25, 0.3) is 6.71 Å². The Morgan fingerprint density at radius 1 is 0.412 bits per heavy atom. The van der Waals surface area contributed by atoms with Crippen LogP contribution in [0.25, 0.3) is 20.2 Å². The van der Waals surface area contributed by atoms with Crippen LogP contribution in [0, 0.1) is 0 Å². The van der Waals surface area contributed by atoms with E-state index >= 15 is 0 Å². The predicted octanol–water partition coefficient (Wildman–Crippen LogP) is 16.5. The van der Waals surface area contributed by atoms with Gasteiger partial charge in [0.05, 0.1) is 0 Å². The fourth-order valence-corrected chi connectivity index (χ4v) is 14.8. The van der Waals surface area contributed by atoms with E-state index in [2.05, 4.69) is 211 Å². The predicted molar refractivity (Wildman–Crippen MR) is 298 cm³/mol. The number of fused-ring (bicyclic) bond motifs is 10. The van der Waals surface area contributed by atoms with E-state index in [1.54, 1.807) is 0 Å². The SMILES string of the molecule is CC(C)(C)c1cc2c3c(c1)N(c1ccc4sc5ccccc5c4c1)c1cc4c(cc1B3c1cc3c(cc1N2c1ccc2c(c1)C(C)(C)CCC2(C)C)C(C)(C)CCC3(C)C)C(C)(C)CCC4(C)C. The summed E-state index contributed by atoms with van der Waals surface area (Å²) in [5.74, 6) is 0. The van der Waals surface area contributed by atoms with Gasteiger partial charge in [-0.3, -0.25) is 0 Å². The molecule has 0 saturated carbocycles. The molecule has 3 heterocycles. The Balaban J connectivity index is 1.24. The number of thiophene rings is 1. The van der Waals surface area contributed by atoms with Crippen molar-refractivity contribution < 1.29 is 0 Å². The molecule has 3 aliphatic carbocycles. The van der Waals surface area contributed by atoms with Crippen LogP contribution in [0.4, 0.5) is 34.1 Å². The van der Waals surface area contributed by atoms with E-state index in [-0.39, 0.29) is 44.6 Å². The van der Waals surface area contributed by atoms with Gasteiger partial charge in [0.15, 0.2) is 0 Å². The monoisotopic (exact) mass is 913 g/mol. The molecule has 0 radical (unpaired) electrons. The second-order valence-corrected chi connectivity index (χ2v) is 28.1. The first kappa shape index (κ1) is 44.4. The topological polar surface area (TPSA) is 6.48 Å². The molecule has 6 aromatic carbocycles.